The number of H-pyrrole nitrogens is 1. The van der Waals surface area contributed by atoms with Gasteiger partial charge in [0.25, 0.3) is 0 Å². The normalized spacial score (nSPS) is 10.7. The summed E-state index contributed by atoms with van der Waals surface area (Å²) in [5.74, 6) is -0.659. The molecule has 2 N–H and O–H groups in total. The largest absolute Gasteiger partial charge is 0.493 e. The monoisotopic (exact) mass is 366 g/mol. The van der Waals surface area contributed by atoms with E-state index >= 15 is 0 Å². The number of carbonyl (C=O) groups is 2. The van der Waals surface area contributed by atoms with E-state index in [0.29, 0.717) is 5.69 Å². The fourth-order valence-corrected chi connectivity index (χ4v) is 2.95. The average molecular weight is 366 g/mol. The first-order chi connectivity index (χ1) is 13.1. The van der Waals surface area contributed by atoms with Crippen molar-refractivity contribution in [3.63, 3.8) is 0 Å². The lowest BCUT2D eigenvalue weighted by Gasteiger charge is -2.21. The van der Waals surface area contributed by atoms with Gasteiger partial charge in [0.1, 0.15) is 12.3 Å². The Bertz CT molecular complexity index is 934. The van der Waals surface area contributed by atoms with Crippen molar-refractivity contribution in [3.05, 3.63) is 60.2 Å². The lowest BCUT2D eigenvalue weighted by Crippen LogP contribution is -2.32. The van der Waals surface area contributed by atoms with Crippen LogP contribution in [0.3, 0.4) is 0 Å². The molecule has 6 nitrogen and oxygen atoms in total. The summed E-state index contributed by atoms with van der Waals surface area (Å²) in [6.07, 6.45) is 0.301. The maximum absolute atomic E-state index is 12.4. The summed E-state index contributed by atoms with van der Waals surface area (Å²) in [6, 6.07) is 16.7. The summed E-state index contributed by atoms with van der Waals surface area (Å²) in [5, 5.41) is 11.0. The number of hydrogen-bond acceptors (Lipinski definition) is 4. The number of hydrogen-bond donors (Lipinski definition) is 2. The molecule has 3 rings (SSSR count). The SMILES string of the molecule is CCC(=O)N(CCC(=O)OCc1ccccc1)c1c(O)[nH]c2ccccc12. The van der Waals surface area contributed by atoms with E-state index in [9.17, 15) is 14.7 Å². The third kappa shape index (κ3) is 4.28. The van der Waals surface area contributed by atoms with Crippen molar-refractivity contribution in [1.82, 2.24) is 4.98 Å². The van der Waals surface area contributed by atoms with Gasteiger partial charge in [0.2, 0.25) is 11.8 Å². The maximum atomic E-state index is 12.4. The topological polar surface area (TPSA) is 82.6 Å². The summed E-state index contributed by atoms with van der Waals surface area (Å²) in [4.78, 5) is 28.9. The number of fused-ring (bicyclic) bond motifs is 1. The van der Waals surface area contributed by atoms with Gasteiger partial charge in [-0.05, 0) is 11.6 Å². The molecule has 0 aliphatic heterocycles. The lowest BCUT2D eigenvalue weighted by molar-refractivity contribution is -0.144. The summed E-state index contributed by atoms with van der Waals surface area (Å²) in [7, 11) is 0. The van der Waals surface area contributed by atoms with Gasteiger partial charge >= 0.3 is 5.97 Å². The zero-order chi connectivity index (χ0) is 19.2. The third-order valence-electron chi connectivity index (χ3n) is 4.32. The number of amides is 1. The minimum absolute atomic E-state index is 0.0392. The molecule has 3 aromatic rings. The minimum atomic E-state index is -0.396. The Hall–Kier alpha value is -3.28. The van der Waals surface area contributed by atoms with E-state index < -0.39 is 5.97 Å². The fraction of sp³-hybridized carbons (Fsp3) is 0.238. The van der Waals surface area contributed by atoms with Crippen LogP contribution in [0.15, 0.2) is 54.6 Å². The van der Waals surface area contributed by atoms with Crippen LogP contribution in [0.4, 0.5) is 5.69 Å². The molecule has 2 aromatic carbocycles. The van der Waals surface area contributed by atoms with Crippen LogP contribution in [0, 0.1) is 0 Å². The van der Waals surface area contributed by atoms with E-state index in [4.69, 9.17) is 4.74 Å². The lowest BCUT2D eigenvalue weighted by atomic mass is 10.2. The maximum Gasteiger partial charge on any atom is 0.307 e. The van der Waals surface area contributed by atoms with Crippen molar-refractivity contribution in [2.75, 3.05) is 11.4 Å². The van der Waals surface area contributed by atoms with Crippen LogP contribution in [0.25, 0.3) is 10.9 Å². The molecule has 140 valence electrons. The highest BCUT2D eigenvalue weighted by atomic mass is 16.5. The van der Waals surface area contributed by atoms with Crippen LogP contribution in [0.5, 0.6) is 5.88 Å². The second-order valence-corrected chi connectivity index (χ2v) is 6.16. The number of aromatic amines is 1. The molecule has 0 radical (unpaired) electrons. The smallest absolute Gasteiger partial charge is 0.307 e. The van der Waals surface area contributed by atoms with E-state index in [1.165, 1.54) is 4.90 Å². The number of rotatable bonds is 7. The number of nitrogens with zero attached hydrogens (tertiary/aromatic N) is 1. The van der Waals surface area contributed by atoms with Gasteiger partial charge in [-0.3, -0.25) is 9.59 Å². The highest BCUT2D eigenvalue weighted by molar-refractivity contribution is 6.05. The van der Waals surface area contributed by atoms with Crippen molar-refractivity contribution in [3.8, 4) is 5.88 Å². The number of anilines is 1. The number of ether oxygens (including phenoxy) is 1. The van der Waals surface area contributed by atoms with E-state index in [-0.39, 0.29) is 37.8 Å². The molecule has 0 atom stereocenters. The zero-order valence-corrected chi connectivity index (χ0v) is 15.1. The summed E-state index contributed by atoms with van der Waals surface area (Å²) in [5.41, 5.74) is 2.03. The van der Waals surface area contributed by atoms with Crippen LogP contribution < -0.4 is 4.90 Å². The Morgan fingerprint density at radius 1 is 1.07 bits per heavy atom. The molecule has 0 bridgehead atoms. The van der Waals surface area contributed by atoms with E-state index in [1.54, 1.807) is 6.92 Å². The van der Waals surface area contributed by atoms with Gasteiger partial charge in [0, 0.05) is 18.4 Å². The van der Waals surface area contributed by atoms with Crippen molar-refractivity contribution >= 4 is 28.5 Å². The van der Waals surface area contributed by atoms with Gasteiger partial charge in [-0.15, -0.1) is 0 Å². The van der Waals surface area contributed by atoms with Crippen molar-refractivity contribution in [2.24, 2.45) is 0 Å². The van der Waals surface area contributed by atoms with Gasteiger partial charge in [0.05, 0.1) is 11.9 Å². The number of carbonyl (C=O) groups excluding carboxylic acids is 2. The molecule has 0 saturated carbocycles. The van der Waals surface area contributed by atoms with Crippen LogP contribution in [-0.4, -0.2) is 28.5 Å². The highest BCUT2D eigenvalue weighted by Crippen LogP contribution is 2.36. The first-order valence-corrected chi connectivity index (χ1v) is 8.89. The van der Waals surface area contributed by atoms with E-state index in [0.717, 1.165) is 16.5 Å². The molecule has 0 aliphatic carbocycles. The van der Waals surface area contributed by atoms with Crippen molar-refractivity contribution in [2.45, 2.75) is 26.4 Å². The van der Waals surface area contributed by atoms with Crippen molar-refractivity contribution < 1.29 is 19.4 Å². The Kier molecular flexibility index (Phi) is 5.76. The molecular weight excluding hydrogens is 344 g/mol. The van der Waals surface area contributed by atoms with Crippen molar-refractivity contribution in [1.29, 1.82) is 0 Å². The molecule has 1 heterocycles. The predicted molar refractivity (Wildman–Crippen MR) is 103 cm³/mol. The van der Waals surface area contributed by atoms with Gasteiger partial charge in [-0.25, -0.2) is 0 Å². The standard InChI is InChI=1S/C21H22N2O4/c1-2-18(24)23(20-16-10-6-7-11-17(16)22-21(20)26)13-12-19(25)27-14-15-8-4-3-5-9-15/h3-11,22,26H,2,12-14H2,1H3. The molecular formula is C21H22N2O4. The molecule has 0 unspecified atom stereocenters. The van der Waals surface area contributed by atoms with Gasteiger partial charge in [-0.2, -0.15) is 0 Å². The Morgan fingerprint density at radius 3 is 2.52 bits per heavy atom. The molecule has 0 saturated heterocycles. The van der Waals surface area contributed by atoms with Crippen LogP contribution in [0.2, 0.25) is 0 Å². The van der Waals surface area contributed by atoms with E-state index in [2.05, 4.69) is 4.98 Å². The molecule has 0 spiro atoms. The number of aromatic hydroxyl groups is 1. The molecule has 1 amide bonds. The fourth-order valence-electron chi connectivity index (χ4n) is 2.95. The molecule has 6 heteroatoms. The van der Waals surface area contributed by atoms with Gasteiger partial charge in [0.15, 0.2) is 0 Å². The first-order valence-electron chi connectivity index (χ1n) is 8.89. The van der Waals surface area contributed by atoms with E-state index in [1.807, 2.05) is 54.6 Å². The molecule has 27 heavy (non-hydrogen) atoms. The first kappa shape index (κ1) is 18.5. The quantitative estimate of drug-likeness (QED) is 0.624. The Balaban J connectivity index is 1.71. The molecule has 0 aliphatic rings. The summed E-state index contributed by atoms with van der Waals surface area (Å²) in [6.45, 7) is 2.07. The number of aromatic nitrogens is 1. The number of nitrogens with one attached hydrogen (secondary N) is 1. The predicted octanol–water partition coefficient (Wildman–Crippen LogP) is 3.75. The second kappa shape index (κ2) is 8.40. The summed E-state index contributed by atoms with van der Waals surface area (Å²) < 4.78 is 5.28. The number of para-hydroxylation sites is 1. The average Bonchev–Trinajstić information content (AvgIpc) is 3.03. The minimum Gasteiger partial charge on any atom is -0.493 e. The Morgan fingerprint density at radius 2 is 1.78 bits per heavy atom. The molecule has 1 aromatic heterocycles. The zero-order valence-electron chi connectivity index (χ0n) is 15.1. The highest BCUT2D eigenvalue weighted by Gasteiger charge is 2.23. The van der Waals surface area contributed by atoms with Crippen LogP contribution in [-0.2, 0) is 20.9 Å². The third-order valence-corrected chi connectivity index (χ3v) is 4.32. The molecule has 0 fully saturated rings. The number of benzene rings is 2. The second-order valence-electron chi connectivity index (χ2n) is 6.16. The van der Waals surface area contributed by atoms with Crippen LogP contribution >= 0.6 is 0 Å². The number of esters is 1. The van der Waals surface area contributed by atoms with Gasteiger partial charge in [-0.1, -0.05) is 55.5 Å². The van der Waals surface area contributed by atoms with Gasteiger partial charge < -0.3 is 19.7 Å². The summed E-state index contributed by atoms with van der Waals surface area (Å²) >= 11 is 0. The Labute approximate surface area is 157 Å². The van der Waals surface area contributed by atoms with Crippen LogP contribution in [0.1, 0.15) is 25.3 Å².